The third-order valence-electron chi connectivity index (χ3n) is 2.13. The summed E-state index contributed by atoms with van der Waals surface area (Å²) in [7, 11) is 0. The van der Waals surface area contributed by atoms with E-state index in [2.05, 4.69) is 15.2 Å². The summed E-state index contributed by atoms with van der Waals surface area (Å²) in [6.45, 7) is 5.99. The Bertz CT molecular complexity index is 533. The highest BCUT2D eigenvalue weighted by atomic mass is 16.1. The zero-order valence-corrected chi connectivity index (χ0v) is 10.3. The van der Waals surface area contributed by atoms with Gasteiger partial charge in [0.1, 0.15) is 0 Å². The van der Waals surface area contributed by atoms with E-state index in [0.29, 0.717) is 5.82 Å². The average Bonchev–Trinajstić information content (AvgIpc) is 2.76. The highest BCUT2D eigenvalue weighted by molar-refractivity contribution is 5.54. The third-order valence-corrected chi connectivity index (χ3v) is 2.13. The Morgan fingerprint density at radius 1 is 1.24 bits per heavy atom. The SMILES string of the molecule is C/C=C\C.Cc1cccc(-c2n[nH]c(=O)[nH]2)c1. The lowest BCUT2D eigenvalue weighted by atomic mass is 10.1. The van der Waals surface area contributed by atoms with Gasteiger partial charge in [-0.15, -0.1) is 0 Å². The molecule has 1 aromatic heterocycles. The Morgan fingerprint density at radius 3 is 2.41 bits per heavy atom. The number of nitrogens with zero attached hydrogens (tertiary/aromatic N) is 1. The lowest BCUT2D eigenvalue weighted by Gasteiger charge is -1.95. The second-order valence-electron chi connectivity index (χ2n) is 3.56. The maximum atomic E-state index is 10.8. The van der Waals surface area contributed by atoms with Crippen molar-refractivity contribution in [3.63, 3.8) is 0 Å². The number of H-pyrrole nitrogens is 2. The first-order valence-electron chi connectivity index (χ1n) is 5.46. The molecule has 1 heterocycles. The van der Waals surface area contributed by atoms with Gasteiger partial charge in [0.05, 0.1) is 0 Å². The number of aromatic nitrogens is 3. The van der Waals surface area contributed by atoms with Crippen LogP contribution in [0.1, 0.15) is 19.4 Å². The zero-order valence-electron chi connectivity index (χ0n) is 10.3. The van der Waals surface area contributed by atoms with Crippen LogP contribution in [0.5, 0.6) is 0 Å². The van der Waals surface area contributed by atoms with E-state index in [-0.39, 0.29) is 5.69 Å². The Balaban J connectivity index is 0.000000317. The van der Waals surface area contributed by atoms with Gasteiger partial charge in [0.25, 0.3) is 0 Å². The molecule has 0 spiro atoms. The first kappa shape index (κ1) is 13.0. The normalized spacial score (nSPS) is 10.1. The van der Waals surface area contributed by atoms with Crippen molar-refractivity contribution in [1.29, 1.82) is 0 Å². The maximum absolute atomic E-state index is 10.8. The first-order chi connectivity index (χ1) is 8.17. The minimum absolute atomic E-state index is 0.281. The quantitative estimate of drug-likeness (QED) is 0.741. The molecule has 4 nitrogen and oxygen atoms in total. The van der Waals surface area contributed by atoms with E-state index in [4.69, 9.17) is 0 Å². The van der Waals surface area contributed by atoms with Crippen LogP contribution in [0.25, 0.3) is 11.4 Å². The molecule has 0 bridgehead atoms. The molecule has 0 aliphatic rings. The van der Waals surface area contributed by atoms with Crippen molar-refractivity contribution >= 4 is 0 Å². The number of allylic oxidation sites excluding steroid dienone is 2. The summed E-state index contributed by atoms with van der Waals surface area (Å²) in [4.78, 5) is 13.4. The van der Waals surface area contributed by atoms with Crippen molar-refractivity contribution in [3.05, 3.63) is 52.5 Å². The summed E-state index contributed by atoms with van der Waals surface area (Å²) < 4.78 is 0. The van der Waals surface area contributed by atoms with Gasteiger partial charge in [-0.2, -0.15) is 5.10 Å². The summed E-state index contributed by atoms with van der Waals surface area (Å²) >= 11 is 0. The van der Waals surface area contributed by atoms with Crippen molar-refractivity contribution in [2.24, 2.45) is 0 Å². The smallest absolute Gasteiger partial charge is 0.289 e. The average molecular weight is 231 g/mol. The molecule has 0 unspecified atom stereocenters. The minimum Gasteiger partial charge on any atom is -0.289 e. The molecule has 0 fully saturated rings. The number of rotatable bonds is 1. The van der Waals surface area contributed by atoms with Crippen LogP contribution < -0.4 is 5.69 Å². The van der Waals surface area contributed by atoms with Crippen molar-refractivity contribution in [1.82, 2.24) is 15.2 Å². The van der Waals surface area contributed by atoms with E-state index < -0.39 is 0 Å². The molecule has 0 atom stereocenters. The molecule has 0 saturated heterocycles. The molecule has 2 aromatic rings. The Kier molecular flexibility index (Phi) is 4.94. The van der Waals surface area contributed by atoms with Gasteiger partial charge in [0.15, 0.2) is 5.82 Å². The van der Waals surface area contributed by atoms with Gasteiger partial charge in [-0.3, -0.25) is 4.98 Å². The van der Waals surface area contributed by atoms with Crippen LogP contribution in [0.2, 0.25) is 0 Å². The third kappa shape index (κ3) is 4.10. The molecule has 0 saturated carbocycles. The molecule has 1 aromatic carbocycles. The van der Waals surface area contributed by atoms with Crippen LogP contribution in [0.15, 0.2) is 41.2 Å². The summed E-state index contributed by atoms with van der Waals surface area (Å²) in [5.41, 5.74) is 1.77. The molecule has 90 valence electrons. The summed E-state index contributed by atoms with van der Waals surface area (Å²) in [6.07, 6.45) is 4.00. The second-order valence-corrected chi connectivity index (χ2v) is 3.56. The lowest BCUT2D eigenvalue weighted by Crippen LogP contribution is -2.00. The number of hydrogen-bond acceptors (Lipinski definition) is 2. The van der Waals surface area contributed by atoms with Crippen molar-refractivity contribution in [3.8, 4) is 11.4 Å². The standard InChI is InChI=1S/C9H9N3O.C4H8/c1-6-3-2-4-7(5-6)8-10-9(13)12-11-8;1-3-4-2/h2-5H,1H3,(H2,10,11,12,13);3-4H,1-2H3/b;4-3-. The molecule has 17 heavy (non-hydrogen) atoms. The number of nitrogens with one attached hydrogen (secondary N) is 2. The van der Waals surface area contributed by atoms with Crippen LogP contribution in [0.3, 0.4) is 0 Å². The summed E-state index contributed by atoms with van der Waals surface area (Å²) in [5.74, 6) is 0.578. The van der Waals surface area contributed by atoms with Gasteiger partial charge in [-0.25, -0.2) is 9.89 Å². The highest BCUT2D eigenvalue weighted by Gasteiger charge is 2.00. The number of hydrogen-bond donors (Lipinski definition) is 2. The van der Waals surface area contributed by atoms with Crippen LogP contribution in [0, 0.1) is 6.92 Å². The summed E-state index contributed by atoms with van der Waals surface area (Å²) in [5, 5.41) is 6.16. The van der Waals surface area contributed by atoms with Gasteiger partial charge in [0.2, 0.25) is 0 Å². The lowest BCUT2D eigenvalue weighted by molar-refractivity contribution is 1.05. The first-order valence-corrected chi connectivity index (χ1v) is 5.46. The second kappa shape index (κ2) is 6.48. The van der Waals surface area contributed by atoms with Crippen LogP contribution in [0.4, 0.5) is 0 Å². The van der Waals surface area contributed by atoms with Crippen molar-refractivity contribution in [2.45, 2.75) is 20.8 Å². The Labute approximate surface area is 100 Å². The van der Waals surface area contributed by atoms with E-state index in [1.807, 2.05) is 57.2 Å². The fourth-order valence-electron chi connectivity index (χ4n) is 1.20. The summed E-state index contributed by atoms with van der Waals surface area (Å²) in [6, 6.07) is 7.79. The Hall–Kier alpha value is -2.10. The predicted molar refractivity (Wildman–Crippen MR) is 69.9 cm³/mol. The minimum atomic E-state index is -0.281. The fraction of sp³-hybridized carbons (Fsp3) is 0.231. The molecule has 0 aliphatic heterocycles. The van der Waals surface area contributed by atoms with Crippen molar-refractivity contribution in [2.75, 3.05) is 0 Å². The van der Waals surface area contributed by atoms with Crippen LogP contribution in [-0.2, 0) is 0 Å². The predicted octanol–water partition coefficient (Wildman–Crippen LogP) is 2.66. The molecule has 0 amide bonds. The number of aromatic amines is 2. The maximum Gasteiger partial charge on any atom is 0.340 e. The van der Waals surface area contributed by atoms with E-state index in [0.717, 1.165) is 11.1 Å². The van der Waals surface area contributed by atoms with E-state index >= 15 is 0 Å². The van der Waals surface area contributed by atoms with E-state index in [1.54, 1.807) is 0 Å². The van der Waals surface area contributed by atoms with Crippen LogP contribution in [-0.4, -0.2) is 15.2 Å². The molecule has 4 heteroatoms. The largest absolute Gasteiger partial charge is 0.340 e. The molecular weight excluding hydrogens is 214 g/mol. The van der Waals surface area contributed by atoms with E-state index in [1.165, 1.54) is 0 Å². The monoisotopic (exact) mass is 231 g/mol. The number of benzene rings is 1. The molecule has 2 rings (SSSR count). The van der Waals surface area contributed by atoms with Crippen molar-refractivity contribution < 1.29 is 0 Å². The topological polar surface area (TPSA) is 61.5 Å². The van der Waals surface area contributed by atoms with Gasteiger partial charge < -0.3 is 0 Å². The van der Waals surface area contributed by atoms with E-state index in [9.17, 15) is 4.79 Å². The zero-order chi connectivity index (χ0) is 12.7. The fourth-order valence-corrected chi connectivity index (χ4v) is 1.20. The number of aryl methyl sites for hydroxylation is 1. The molecule has 2 N–H and O–H groups in total. The van der Waals surface area contributed by atoms with Gasteiger partial charge in [-0.05, 0) is 26.8 Å². The molecule has 0 aliphatic carbocycles. The molecule has 0 radical (unpaired) electrons. The van der Waals surface area contributed by atoms with Gasteiger partial charge in [-0.1, -0.05) is 35.9 Å². The van der Waals surface area contributed by atoms with Gasteiger partial charge in [0, 0.05) is 5.56 Å². The Morgan fingerprint density at radius 2 is 1.94 bits per heavy atom. The van der Waals surface area contributed by atoms with Crippen LogP contribution >= 0.6 is 0 Å². The molecular formula is C13H17N3O. The van der Waals surface area contributed by atoms with Gasteiger partial charge >= 0.3 is 5.69 Å². The highest BCUT2D eigenvalue weighted by Crippen LogP contribution is 2.13.